The second-order valence-electron chi connectivity index (χ2n) is 7.60. The SMILES string of the molecule is FC(F)(F)c1cccn2c(SCCN3CC=C(c4ccccc4)CC3)nnc12.O=C(O)C=CC(=O)O. The molecule has 8 nitrogen and oxygen atoms in total. The van der Waals surface area contributed by atoms with Crippen molar-refractivity contribution in [1.82, 2.24) is 19.5 Å². The fourth-order valence-electron chi connectivity index (χ4n) is 3.45. The normalized spacial score (nSPS) is 14.4. The van der Waals surface area contributed by atoms with E-state index in [4.69, 9.17) is 10.2 Å². The number of thioether (sulfide) groups is 1. The number of carbonyl (C=O) groups is 2. The number of pyridine rings is 1. The van der Waals surface area contributed by atoms with Gasteiger partial charge in [-0.25, -0.2) is 9.59 Å². The van der Waals surface area contributed by atoms with E-state index in [1.807, 2.05) is 18.2 Å². The molecule has 0 atom stereocenters. The third-order valence-corrected chi connectivity index (χ3v) is 6.08. The van der Waals surface area contributed by atoms with Crippen LogP contribution in [0.5, 0.6) is 0 Å². The molecular formula is C24H23F3N4O4S. The number of nitrogens with zero attached hydrogens (tertiary/aromatic N) is 4. The first-order chi connectivity index (χ1) is 17.1. The van der Waals surface area contributed by atoms with Crippen molar-refractivity contribution in [3.05, 3.63) is 78.0 Å². The summed E-state index contributed by atoms with van der Waals surface area (Å²) >= 11 is 1.43. The lowest BCUT2D eigenvalue weighted by Crippen LogP contribution is -2.30. The number of aliphatic carboxylic acids is 2. The lowest BCUT2D eigenvalue weighted by atomic mass is 10.00. The summed E-state index contributed by atoms with van der Waals surface area (Å²) in [7, 11) is 0. The van der Waals surface area contributed by atoms with Crippen LogP contribution < -0.4 is 0 Å². The van der Waals surface area contributed by atoms with Crippen LogP contribution >= 0.6 is 11.8 Å². The molecule has 3 aromatic rings. The van der Waals surface area contributed by atoms with E-state index in [0.717, 1.165) is 37.9 Å². The van der Waals surface area contributed by atoms with Crippen LogP contribution in [0.4, 0.5) is 13.2 Å². The van der Waals surface area contributed by atoms with Gasteiger partial charge in [-0.15, -0.1) is 10.2 Å². The highest BCUT2D eigenvalue weighted by molar-refractivity contribution is 7.99. The van der Waals surface area contributed by atoms with Crippen molar-refractivity contribution >= 4 is 34.9 Å². The zero-order valence-corrected chi connectivity index (χ0v) is 19.7. The summed E-state index contributed by atoms with van der Waals surface area (Å²) in [5.41, 5.74) is 1.73. The molecule has 0 fully saturated rings. The second-order valence-corrected chi connectivity index (χ2v) is 8.66. The molecule has 12 heteroatoms. The number of fused-ring (bicyclic) bond motifs is 1. The smallest absolute Gasteiger partial charge is 0.420 e. The van der Waals surface area contributed by atoms with E-state index in [1.54, 1.807) is 6.20 Å². The molecule has 0 amide bonds. The molecule has 3 heterocycles. The van der Waals surface area contributed by atoms with Crippen LogP contribution in [0, 0.1) is 0 Å². The minimum atomic E-state index is -4.44. The van der Waals surface area contributed by atoms with E-state index < -0.39 is 23.7 Å². The quantitative estimate of drug-likeness (QED) is 0.350. The molecule has 0 spiro atoms. The zero-order valence-electron chi connectivity index (χ0n) is 18.9. The van der Waals surface area contributed by atoms with Crippen LogP contribution in [0.15, 0.2) is 72.0 Å². The number of carboxylic acids is 2. The fourth-order valence-corrected chi connectivity index (χ4v) is 4.37. The number of hydrogen-bond acceptors (Lipinski definition) is 6. The van der Waals surface area contributed by atoms with Gasteiger partial charge in [-0.2, -0.15) is 13.2 Å². The Morgan fingerprint density at radius 3 is 2.31 bits per heavy atom. The summed E-state index contributed by atoms with van der Waals surface area (Å²) in [6.07, 6.45) is 1.50. The molecule has 0 unspecified atom stereocenters. The van der Waals surface area contributed by atoms with Gasteiger partial charge in [0, 0.05) is 43.7 Å². The van der Waals surface area contributed by atoms with Gasteiger partial charge in [0.15, 0.2) is 10.8 Å². The number of halogens is 3. The van der Waals surface area contributed by atoms with Crippen LogP contribution in [0.25, 0.3) is 11.2 Å². The lowest BCUT2D eigenvalue weighted by molar-refractivity contribution is -0.136. The minimum absolute atomic E-state index is 0.147. The molecule has 0 saturated carbocycles. The third-order valence-electron chi connectivity index (χ3n) is 5.15. The minimum Gasteiger partial charge on any atom is -0.478 e. The summed E-state index contributed by atoms with van der Waals surface area (Å²) in [4.78, 5) is 21.4. The maximum absolute atomic E-state index is 13.1. The Bertz CT molecular complexity index is 1240. The Morgan fingerprint density at radius 1 is 1.03 bits per heavy atom. The Morgan fingerprint density at radius 2 is 1.72 bits per heavy atom. The van der Waals surface area contributed by atoms with Gasteiger partial charge in [-0.3, -0.25) is 9.30 Å². The highest BCUT2D eigenvalue weighted by Crippen LogP contribution is 2.32. The molecule has 36 heavy (non-hydrogen) atoms. The van der Waals surface area contributed by atoms with Crippen molar-refractivity contribution < 1.29 is 33.0 Å². The number of carboxylic acid groups (broad SMARTS) is 2. The standard InChI is InChI=1S/C20H19F3N4S.C4H4O4/c21-20(22,23)17-7-4-10-27-18(17)24-25-19(27)28-14-13-26-11-8-16(9-12-26)15-5-2-1-3-6-15;5-3(6)1-2-4(7)8/h1-8,10H,9,11-14H2;1-2H,(H,5,6)(H,7,8). The molecular weight excluding hydrogens is 497 g/mol. The van der Waals surface area contributed by atoms with E-state index in [9.17, 15) is 22.8 Å². The Labute approximate surface area is 208 Å². The number of benzene rings is 1. The van der Waals surface area contributed by atoms with E-state index in [1.165, 1.54) is 33.4 Å². The lowest BCUT2D eigenvalue weighted by Gasteiger charge is -2.26. The Kier molecular flexibility index (Phi) is 9.25. The molecule has 1 aliphatic heterocycles. The molecule has 0 radical (unpaired) electrons. The highest BCUT2D eigenvalue weighted by Gasteiger charge is 2.34. The summed E-state index contributed by atoms with van der Waals surface area (Å²) in [5.74, 6) is -1.77. The van der Waals surface area contributed by atoms with Crippen molar-refractivity contribution in [2.75, 3.05) is 25.4 Å². The molecule has 2 aromatic heterocycles. The molecule has 190 valence electrons. The van der Waals surface area contributed by atoms with Crippen molar-refractivity contribution in [1.29, 1.82) is 0 Å². The van der Waals surface area contributed by atoms with E-state index in [0.29, 0.717) is 17.3 Å². The number of alkyl halides is 3. The highest BCUT2D eigenvalue weighted by atomic mass is 32.2. The second kappa shape index (κ2) is 12.4. The summed E-state index contributed by atoms with van der Waals surface area (Å²) < 4.78 is 40.6. The van der Waals surface area contributed by atoms with Crippen LogP contribution in [-0.4, -0.2) is 67.0 Å². The summed E-state index contributed by atoms with van der Waals surface area (Å²) in [6, 6.07) is 12.8. The van der Waals surface area contributed by atoms with Crippen LogP contribution in [-0.2, 0) is 15.8 Å². The molecule has 0 saturated heterocycles. The van der Waals surface area contributed by atoms with Crippen molar-refractivity contribution in [3.63, 3.8) is 0 Å². The monoisotopic (exact) mass is 520 g/mol. The van der Waals surface area contributed by atoms with Gasteiger partial charge in [-0.05, 0) is 29.7 Å². The predicted octanol–water partition coefficient (Wildman–Crippen LogP) is 4.34. The van der Waals surface area contributed by atoms with Crippen molar-refractivity contribution in [2.24, 2.45) is 0 Å². The van der Waals surface area contributed by atoms with Crippen molar-refractivity contribution in [3.8, 4) is 0 Å². The van der Waals surface area contributed by atoms with Crippen molar-refractivity contribution in [2.45, 2.75) is 17.8 Å². The summed E-state index contributed by atoms with van der Waals surface area (Å²) in [6.45, 7) is 2.70. The molecule has 2 N–H and O–H groups in total. The van der Waals surface area contributed by atoms with E-state index >= 15 is 0 Å². The molecule has 1 aliphatic rings. The molecule has 0 aliphatic carbocycles. The molecule has 1 aromatic carbocycles. The topological polar surface area (TPSA) is 108 Å². The van der Waals surface area contributed by atoms with Crippen LogP contribution in [0.3, 0.4) is 0 Å². The molecule has 4 rings (SSSR count). The van der Waals surface area contributed by atoms with Gasteiger partial charge in [0.05, 0.1) is 0 Å². The number of aromatic nitrogens is 3. The average molecular weight is 521 g/mol. The van der Waals surface area contributed by atoms with Gasteiger partial charge in [0.1, 0.15) is 5.56 Å². The van der Waals surface area contributed by atoms with Crippen LogP contribution in [0.2, 0.25) is 0 Å². The zero-order chi connectivity index (χ0) is 26.1. The maximum Gasteiger partial charge on any atom is 0.420 e. The first kappa shape index (κ1) is 27.0. The maximum atomic E-state index is 13.1. The average Bonchev–Trinajstić information content (AvgIpc) is 3.27. The van der Waals surface area contributed by atoms with Crippen LogP contribution in [0.1, 0.15) is 17.5 Å². The first-order valence-corrected chi connectivity index (χ1v) is 11.8. The fraction of sp³-hybridized carbons (Fsp3) is 0.250. The molecule has 0 bridgehead atoms. The third kappa shape index (κ3) is 7.68. The first-order valence-electron chi connectivity index (χ1n) is 10.8. The predicted molar refractivity (Wildman–Crippen MR) is 129 cm³/mol. The largest absolute Gasteiger partial charge is 0.478 e. The summed E-state index contributed by atoms with van der Waals surface area (Å²) in [5, 5.41) is 23.8. The Hall–Kier alpha value is -3.64. The van der Waals surface area contributed by atoms with E-state index in [2.05, 4.69) is 33.3 Å². The van der Waals surface area contributed by atoms with Gasteiger partial charge >= 0.3 is 18.1 Å². The van der Waals surface area contributed by atoms with E-state index in [-0.39, 0.29) is 5.65 Å². The van der Waals surface area contributed by atoms with Gasteiger partial charge in [-0.1, -0.05) is 48.2 Å². The van der Waals surface area contributed by atoms with Gasteiger partial charge in [0.25, 0.3) is 0 Å². The Balaban J connectivity index is 0.000000392. The number of hydrogen-bond donors (Lipinski definition) is 2. The van der Waals surface area contributed by atoms with Gasteiger partial charge < -0.3 is 10.2 Å². The number of rotatable bonds is 7. The van der Waals surface area contributed by atoms with Gasteiger partial charge in [0.2, 0.25) is 0 Å².